The predicted molar refractivity (Wildman–Crippen MR) is 84.9 cm³/mol. The van der Waals surface area contributed by atoms with Gasteiger partial charge in [0.2, 0.25) is 0 Å². The molecule has 0 radical (unpaired) electrons. The van der Waals surface area contributed by atoms with Crippen LogP contribution in [-0.4, -0.2) is 20.1 Å². The summed E-state index contributed by atoms with van der Waals surface area (Å²) in [4.78, 5) is 12.8. The topological polar surface area (TPSA) is 29.5 Å². The Hall–Kier alpha value is -1.77. The van der Waals surface area contributed by atoms with Crippen molar-refractivity contribution >= 4 is 39.9 Å². The first kappa shape index (κ1) is 16.6. The molecule has 0 aliphatic rings. The molecular weight excluding hydrogens is 410 g/mol. The smallest absolute Gasteiger partial charge is 0.340 e. The zero-order chi connectivity index (χ0) is 16.4. The number of methoxy groups -OCH3 is 1. The first-order valence-corrected chi connectivity index (χ1v) is 7.19. The Bertz CT molecular complexity index is 737. The lowest BCUT2D eigenvalue weighted by molar-refractivity contribution is 0.0601. The molecule has 3 nitrogen and oxygen atoms in total. The second-order valence-electron chi connectivity index (χ2n) is 4.40. The molecular formula is C15H11F3INO2. The molecule has 22 heavy (non-hydrogen) atoms. The number of hydrogen-bond donors (Lipinski definition) is 0. The Kier molecular flexibility index (Phi) is 4.94. The van der Waals surface area contributed by atoms with E-state index in [1.54, 1.807) is 6.07 Å². The van der Waals surface area contributed by atoms with Gasteiger partial charge in [-0.05, 0) is 52.9 Å². The van der Waals surface area contributed by atoms with Crippen LogP contribution in [0.3, 0.4) is 0 Å². The molecule has 0 aliphatic heterocycles. The minimum atomic E-state index is -1.25. The number of nitrogens with zero attached hydrogens (tertiary/aromatic N) is 1. The van der Waals surface area contributed by atoms with Crippen molar-refractivity contribution in [1.82, 2.24) is 0 Å². The van der Waals surface area contributed by atoms with E-state index < -0.39 is 23.4 Å². The van der Waals surface area contributed by atoms with Gasteiger partial charge in [0.05, 0.1) is 24.0 Å². The van der Waals surface area contributed by atoms with Crippen LogP contribution in [0.1, 0.15) is 10.4 Å². The maximum absolute atomic E-state index is 14.2. The zero-order valence-electron chi connectivity index (χ0n) is 11.7. The van der Waals surface area contributed by atoms with Crippen molar-refractivity contribution in [2.75, 3.05) is 19.1 Å². The molecule has 0 saturated heterocycles. The van der Waals surface area contributed by atoms with Crippen LogP contribution in [0.15, 0.2) is 30.3 Å². The van der Waals surface area contributed by atoms with E-state index in [2.05, 4.69) is 4.74 Å². The SMILES string of the molecule is COC(=O)c1ccc(F)c(F)c1N(C)c1ccc(I)cc1F. The third-order valence-electron chi connectivity index (χ3n) is 3.08. The first-order chi connectivity index (χ1) is 10.4. The van der Waals surface area contributed by atoms with Crippen molar-refractivity contribution in [3.8, 4) is 0 Å². The van der Waals surface area contributed by atoms with Crippen LogP contribution in [0.5, 0.6) is 0 Å². The molecule has 2 aromatic rings. The van der Waals surface area contributed by atoms with Gasteiger partial charge in [0.15, 0.2) is 11.6 Å². The van der Waals surface area contributed by atoms with Gasteiger partial charge in [-0.15, -0.1) is 0 Å². The average molecular weight is 421 g/mol. The van der Waals surface area contributed by atoms with Crippen molar-refractivity contribution in [3.05, 3.63) is 56.9 Å². The van der Waals surface area contributed by atoms with Gasteiger partial charge < -0.3 is 9.64 Å². The molecule has 2 rings (SSSR count). The lowest BCUT2D eigenvalue weighted by Crippen LogP contribution is -2.18. The monoisotopic (exact) mass is 421 g/mol. The number of benzene rings is 2. The lowest BCUT2D eigenvalue weighted by atomic mass is 10.1. The molecule has 0 aliphatic carbocycles. The van der Waals surface area contributed by atoms with E-state index in [4.69, 9.17) is 0 Å². The predicted octanol–water partition coefficient (Wildman–Crippen LogP) is 4.26. The molecule has 0 amide bonds. The van der Waals surface area contributed by atoms with Gasteiger partial charge in [0, 0.05) is 10.6 Å². The second kappa shape index (κ2) is 6.55. The summed E-state index contributed by atoms with van der Waals surface area (Å²) >= 11 is 1.93. The fourth-order valence-electron chi connectivity index (χ4n) is 2.02. The van der Waals surface area contributed by atoms with Crippen molar-refractivity contribution in [1.29, 1.82) is 0 Å². The number of halogens is 4. The summed E-state index contributed by atoms with van der Waals surface area (Å²) in [6, 6.07) is 6.21. The Labute approximate surface area is 138 Å². The molecule has 0 unspecified atom stereocenters. The van der Waals surface area contributed by atoms with Crippen molar-refractivity contribution in [2.24, 2.45) is 0 Å². The summed E-state index contributed by atoms with van der Waals surface area (Å²) in [6.45, 7) is 0. The highest BCUT2D eigenvalue weighted by Crippen LogP contribution is 2.33. The molecule has 7 heteroatoms. The van der Waals surface area contributed by atoms with E-state index in [0.29, 0.717) is 3.57 Å². The van der Waals surface area contributed by atoms with E-state index in [1.165, 1.54) is 19.2 Å². The highest BCUT2D eigenvalue weighted by molar-refractivity contribution is 14.1. The average Bonchev–Trinajstić information content (AvgIpc) is 2.48. The second-order valence-corrected chi connectivity index (χ2v) is 5.65. The molecule has 0 saturated carbocycles. The molecule has 2 aromatic carbocycles. The third-order valence-corrected chi connectivity index (χ3v) is 3.75. The molecule has 0 atom stereocenters. The Balaban J connectivity index is 2.64. The molecule has 0 aromatic heterocycles. The van der Waals surface area contributed by atoms with E-state index >= 15 is 0 Å². The summed E-state index contributed by atoms with van der Waals surface area (Å²) in [5.41, 5.74) is -0.566. The minimum absolute atomic E-state index is 0.00932. The summed E-state index contributed by atoms with van der Waals surface area (Å²) in [6.07, 6.45) is 0. The van der Waals surface area contributed by atoms with Crippen LogP contribution in [0.2, 0.25) is 0 Å². The summed E-state index contributed by atoms with van der Waals surface area (Å²) in [7, 11) is 2.47. The van der Waals surface area contributed by atoms with Gasteiger partial charge in [-0.1, -0.05) is 0 Å². The van der Waals surface area contributed by atoms with Gasteiger partial charge in [-0.25, -0.2) is 18.0 Å². The Morgan fingerprint density at radius 1 is 1.14 bits per heavy atom. The first-order valence-electron chi connectivity index (χ1n) is 6.12. The molecule has 0 heterocycles. The maximum Gasteiger partial charge on any atom is 0.340 e. The molecule has 0 N–H and O–H groups in total. The maximum atomic E-state index is 14.2. The summed E-state index contributed by atoms with van der Waals surface area (Å²) < 4.78 is 46.9. The Morgan fingerprint density at radius 2 is 1.82 bits per heavy atom. The standard InChI is InChI=1S/C15H11F3INO2/c1-20(12-6-3-8(19)7-11(12)17)14-9(15(21)22-2)4-5-10(16)13(14)18/h3-7H,1-2H3. The van der Waals surface area contributed by atoms with Gasteiger partial charge in [0.1, 0.15) is 5.82 Å². The largest absolute Gasteiger partial charge is 0.465 e. The normalized spacial score (nSPS) is 10.5. The van der Waals surface area contributed by atoms with Gasteiger partial charge in [0.25, 0.3) is 0 Å². The fourth-order valence-corrected chi connectivity index (χ4v) is 2.47. The number of carbonyl (C=O) groups excluding carboxylic acids is 1. The van der Waals surface area contributed by atoms with E-state index in [9.17, 15) is 18.0 Å². The molecule has 116 valence electrons. The van der Waals surface area contributed by atoms with Crippen LogP contribution in [0, 0.1) is 21.0 Å². The van der Waals surface area contributed by atoms with Crippen LogP contribution in [0.4, 0.5) is 24.5 Å². The van der Waals surface area contributed by atoms with E-state index in [1.807, 2.05) is 22.6 Å². The summed E-state index contributed by atoms with van der Waals surface area (Å²) in [5.74, 6) is -3.84. The van der Waals surface area contributed by atoms with Crippen LogP contribution < -0.4 is 4.90 Å². The highest BCUT2D eigenvalue weighted by atomic mass is 127. The highest BCUT2D eigenvalue weighted by Gasteiger charge is 2.24. The van der Waals surface area contributed by atoms with Gasteiger partial charge in [-0.3, -0.25) is 0 Å². The van der Waals surface area contributed by atoms with Crippen LogP contribution in [-0.2, 0) is 4.74 Å². The number of rotatable bonds is 3. The van der Waals surface area contributed by atoms with Crippen molar-refractivity contribution in [2.45, 2.75) is 0 Å². The lowest BCUT2D eigenvalue weighted by Gasteiger charge is -2.23. The summed E-state index contributed by atoms with van der Waals surface area (Å²) in [5, 5.41) is 0. The number of anilines is 2. The Morgan fingerprint density at radius 3 is 2.41 bits per heavy atom. The van der Waals surface area contributed by atoms with Gasteiger partial charge in [-0.2, -0.15) is 0 Å². The minimum Gasteiger partial charge on any atom is -0.465 e. The quantitative estimate of drug-likeness (QED) is 0.548. The molecule has 0 fully saturated rings. The van der Waals surface area contributed by atoms with E-state index in [-0.39, 0.29) is 16.9 Å². The van der Waals surface area contributed by atoms with Crippen LogP contribution in [0.25, 0.3) is 0 Å². The van der Waals surface area contributed by atoms with Crippen molar-refractivity contribution in [3.63, 3.8) is 0 Å². The van der Waals surface area contributed by atoms with Crippen molar-refractivity contribution < 1.29 is 22.7 Å². The number of esters is 1. The molecule has 0 bridgehead atoms. The van der Waals surface area contributed by atoms with E-state index in [0.717, 1.165) is 24.1 Å². The zero-order valence-corrected chi connectivity index (χ0v) is 13.8. The third kappa shape index (κ3) is 3.03. The fraction of sp³-hybridized carbons (Fsp3) is 0.133. The van der Waals surface area contributed by atoms with Crippen LogP contribution >= 0.6 is 22.6 Å². The number of hydrogen-bond acceptors (Lipinski definition) is 3. The number of carbonyl (C=O) groups is 1. The van der Waals surface area contributed by atoms with Gasteiger partial charge >= 0.3 is 5.97 Å². The molecule has 0 spiro atoms. The number of ether oxygens (including phenoxy) is 1.